The molecule has 10 heteroatoms. The monoisotopic (exact) mass is 457 g/mol. The molecule has 2 aromatic rings. The van der Waals surface area contributed by atoms with E-state index in [-0.39, 0.29) is 23.4 Å². The number of aliphatic hydroxyl groups excluding tert-OH is 1. The van der Waals surface area contributed by atoms with E-state index in [9.17, 15) is 29.0 Å². The minimum Gasteiger partial charge on any atom is -0.465 e. The van der Waals surface area contributed by atoms with Gasteiger partial charge in [-0.3, -0.25) is 19.4 Å². The van der Waals surface area contributed by atoms with Gasteiger partial charge in [0.05, 0.1) is 48.3 Å². The molecule has 2 aromatic carbocycles. The Bertz CT molecular complexity index is 1030. The number of fused-ring (bicyclic) bond motifs is 1. The Kier molecular flexibility index (Phi) is 6.57. The van der Waals surface area contributed by atoms with E-state index in [1.54, 1.807) is 12.1 Å². The molecule has 0 radical (unpaired) electrons. The average Bonchev–Trinajstić information content (AvgIpc) is 2.98. The van der Waals surface area contributed by atoms with Crippen molar-refractivity contribution < 1.29 is 33.7 Å². The maximum atomic E-state index is 14.8. The van der Waals surface area contributed by atoms with Crippen LogP contribution in [0.5, 0.6) is 0 Å². The van der Waals surface area contributed by atoms with Crippen molar-refractivity contribution in [1.29, 1.82) is 0 Å². The van der Waals surface area contributed by atoms with Gasteiger partial charge in [-0.1, -0.05) is 12.1 Å². The SMILES string of the molecule is O=C1c2ccccc2C(=O)N1CC(O)CN(C(=O)O)c1ccc(N2CCCOCC2)c(F)c1. The van der Waals surface area contributed by atoms with Gasteiger partial charge >= 0.3 is 6.09 Å². The Morgan fingerprint density at radius 3 is 2.42 bits per heavy atom. The van der Waals surface area contributed by atoms with Crippen molar-refractivity contribution in [2.45, 2.75) is 12.5 Å². The third kappa shape index (κ3) is 4.67. The van der Waals surface area contributed by atoms with Gasteiger partial charge in [-0.05, 0) is 36.8 Å². The third-order valence-electron chi connectivity index (χ3n) is 5.70. The molecule has 2 N–H and O–H groups in total. The lowest BCUT2D eigenvalue weighted by atomic mass is 10.1. The number of nitrogens with zero attached hydrogens (tertiary/aromatic N) is 3. The van der Waals surface area contributed by atoms with E-state index in [1.807, 2.05) is 4.90 Å². The van der Waals surface area contributed by atoms with Crippen LogP contribution in [0.1, 0.15) is 27.1 Å². The fourth-order valence-electron chi connectivity index (χ4n) is 4.09. The number of carbonyl (C=O) groups is 3. The fourth-order valence-corrected chi connectivity index (χ4v) is 4.09. The van der Waals surface area contributed by atoms with Crippen LogP contribution in [0.3, 0.4) is 0 Å². The first kappa shape index (κ1) is 22.7. The number of ether oxygens (including phenoxy) is 1. The zero-order chi connectivity index (χ0) is 23.5. The second-order valence-electron chi connectivity index (χ2n) is 7.90. The predicted octanol–water partition coefficient (Wildman–Crippen LogP) is 2.19. The van der Waals surface area contributed by atoms with Crippen molar-refractivity contribution in [1.82, 2.24) is 4.90 Å². The molecule has 1 atom stereocenters. The molecule has 0 spiro atoms. The van der Waals surface area contributed by atoms with E-state index in [2.05, 4.69) is 0 Å². The van der Waals surface area contributed by atoms with Crippen molar-refractivity contribution in [2.24, 2.45) is 0 Å². The quantitative estimate of drug-likeness (QED) is 0.640. The number of hydrogen-bond acceptors (Lipinski definition) is 6. The number of anilines is 2. The number of rotatable bonds is 6. The summed E-state index contributed by atoms with van der Waals surface area (Å²) < 4.78 is 20.2. The second-order valence-corrected chi connectivity index (χ2v) is 7.90. The number of aliphatic hydroxyl groups is 1. The van der Waals surface area contributed by atoms with Crippen LogP contribution in [0.4, 0.5) is 20.6 Å². The first-order chi connectivity index (χ1) is 15.9. The number of halogens is 1. The summed E-state index contributed by atoms with van der Waals surface area (Å²) in [5, 5.41) is 20.1. The molecule has 9 nitrogen and oxygen atoms in total. The van der Waals surface area contributed by atoms with Crippen LogP contribution in [0.15, 0.2) is 42.5 Å². The summed E-state index contributed by atoms with van der Waals surface area (Å²) in [7, 11) is 0. The molecule has 1 fully saturated rings. The number of imide groups is 1. The summed E-state index contributed by atoms with van der Waals surface area (Å²) in [6, 6.07) is 10.4. The molecule has 0 bridgehead atoms. The minimum absolute atomic E-state index is 0.0382. The number of β-amino-alcohol motifs (C(OH)–C–C–N with tert-alkyl or cyclic N) is 1. The van der Waals surface area contributed by atoms with E-state index < -0.39 is 36.4 Å². The van der Waals surface area contributed by atoms with Gasteiger partial charge in [0.2, 0.25) is 0 Å². The molecule has 0 aliphatic carbocycles. The van der Waals surface area contributed by atoms with Crippen molar-refractivity contribution >= 4 is 29.3 Å². The molecular weight excluding hydrogens is 433 g/mol. The van der Waals surface area contributed by atoms with E-state index >= 15 is 0 Å². The van der Waals surface area contributed by atoms with Crippen molar-refractivity contribution in [2.75, 3.05) is 49.2 Å². The molecule has 4 rings (SSSR count). The number of carbonyl (C=O) groups excluding carboxylic acids is 2. The highest BCUT2D eigenvalue weighted by molar-refractivity contribution is 6.21. The summed E-state index contributed by atoms with van der Waals surface area (Å²) in [4.78, 5) is 40.3. The van der Waals surface area contributed by atoms with E-state index in [1.165, 1.54) is 24.3 Å². The zero-order valence-corrected chi connectivity index (χ0v) is 17.8. The summed E-state index contributed by atoms with van der Waals surface area (Å²) in [6.45, 7) is 1.40. The zero-order valence-electron chi connectivity index (χ0n) is 17.8. The second kappa shape index (κ2) is 9.55. The lowest BCUT2D eigenvalue weighted by Crippen LogP contribution is -2.44. The molecule has 2 aliphatic heterocycles. The molecule has 174 valence electrons. The van der Waals surface area contributed by atoms with Crippen LogP contribution in [-0.4, -0.2) is 78.5 Å². The van der Waals surface area contributed by atoms with Gasteiger partial charge in [-0.15, -0.1) is 0 Å². The third-order valence-corrected chi connectivity index (χ3v) is 5.70. The highest BCUT2D eigenvalue weighted by Crippen LogP contribution is 2.27. The Morgan fingerprint density at radius 1 is 1.09 bits per heavy atom. The molecule has 3 amide bonds. The molecule has 0 saturated carbocycles. The fraction of sp³-hybridized carbons (Fsp3) is 0.348. The first-order valence-electron chi connectivity index (χ1n) is 10.6. The van der Waals surface area contributed by atoms with Gasteiger partial charge < -0.3 is 19.8 Å². The number of benzene rings is 2. The molecule has 2 aliphatic rings. The van der Waals surface area contributed by atoms with Crippen molar-refractivity contribution in [3.05, 3.63) is 59.4 Å². The number of carboxylic acid groups (broad SMARTS) is 1. The highest BCUT2D eigenvalue weighted by atomic mass is 19.1. The van der Waals surface area contributed by atoms with Gasteiger partial charge in [0.25, 0.3) is 11.8 Å². The van der Waals surface area contributed by atoms with Crippen molar-refractivity contribution in [3.63, 3.8) is 0 Å². The van der Waals surface area contributed by atoms with Crippen LogP contribution in [-0.2, 0) is 4.74 Å². The topological polar surface area (TPSA) is 111 Å². The van der Waals surface area contributed by atoms with Crippen LogP contribution in [0, 0.1) is 5.82 Å². The molecular formula is C23H24FN3O6. The van der Waals surface area contributed by atoms with Gasteiger partial charge in [-0.2, -0.15) is 0 Å². The summed E-state index contributed by atoms with van der Waals surface area (Å²) in [5.41, 5.74) is 0.861. The normalized spacial score (nSPS) is 17.0. The molecule has 0 aromatic heterocycles. The standard InChI is InChI=1S/C23H24FN3O6/c24-19-12-15(6-7-20(19)25-8-3-10-33-11-9-25)26(23(31)32)13-16(28)14-27-21(29)17-4-1-2-5-18(17)22(27)30/h1-2,4-7,12,16,28H,3,8-11,13-14H2,(H,31,32). The minimum atomic E-state index is -1.40. The predicted molar refractivity (Wildman–Crippen MR) is 117 cm³/mol. The smallest absolute Gasteiger partial charge is 0.411 e. The molecule has 33 heavy (non-hydrogen) atoms. The molecule has 1 saturated heterocycles. The lowest BCUT2D eigenvalue weighted by Gasteiger charge is -2.27. The van der Waals surface area contributed by atoms with Gasteiger partial charge in [0, 0.05) is 19.7 Å². The summed E-state index contributed by atoms with van der Waals surface area (Å²) in [5.74, 6) is -1.68. The average molecular weight is 457 g/mol. The molecule has 1 unspecified atom stereocenters. The number of hydrogen-bond donors (Lipinski definition) is 2. The van der Waals surface area contributed by atoms with Crippen LogP contribution >= 0.6 is 0 Å². The summed E-state index contributed by atoms with van der Waals surface area (Å²) in [6.07, 6.45) is -2.01. The summed E-state index contributed by atoms with van der Waals surface area (Å²) >= 11 is 0. The maximum absolute atomic E-state index is 14.8. The Labute approximate surface area is 189 Å². The Hall–Kier alpha value is -3.50. The van der Waals surface area contributed by atoms with Gasteiger partial charge in [0.15, 0.2) is 0 Å². The Morgan fingerprint density at radius 2 is 1.79 bits per heavy atom. The highest BCUT2D eigenvalue weighted by Gasteiger charge is 2.36. The first-order valence-corrected chi connectivity index (χ1v) is 10.6. The Balaban J connectivity index is 1.47. The van der Waals surface area contributed by atoms with Crippen LogP contribution in [0.2, 0.25) is 0 Å². The van der Waals surface area contributed by atoms with Crippen LogP contribution in [0.25, 0.3) is 0 Å². The molecule has 2 heterocycles. The van der Waals surface area contributed by atoms with Crippen LogP contribution < -0.4 is 9.80 Å². The van der Waals surface area contributed by atoms with Crippen molar-refractivity contribution in [3.8, 4) is 0 Å². The maximum Gasteiger partial charge on any atom is 0.411 e. The van der Waals surface area contributed by atoms with E-state index in [4.69, 9.17) is 4.74 Å². The lowest BCUT2D eigenvalue weighted by molar-refractivity contribution is 0.0552. The largest absolute Gasteiger partial charge is 0.465 e. The van der Waals surface area contributed by atoms with Gasteiger partial charge in [-0.25, -0.2) is 9.18 Å². The van der Waals surface area contributed by atoms with E-state index in [0.29, 0.717) is 32.0 Å². The number of amides is 3. The van der Waals surface area contributed by atoms with E-state index in [0.717, 1.165) is 22.3 Å². The van der Waals surface area contributed by atoms with Gasteiger partial charge in [0.1, 0.15) is 5.82 Å².